The number of hydrogen-bond donors (Lipinski definition) is 1. The summed E-state index contributed by atoms with van der Waals surface area (Å²) in [5.41, 5.74) is 2.36. The van der Waals surface area contributed by atoms with Crippen molar-refractivity contribution in [2.24, 2.45) is 0 Å². The van der Waals surface area contributed by atoms with Crippen LogP contribution in [0, 0.1) is 5.82 Å². The normalized spacial score (nSPS) is 15.3. The summed E-state index contributed by atoms with van der Waals surface area (Å²) in [6, 6.07) is 14.4. The highest BCUT2D eigenvalue weighted by molar-refractivity contribution is 5.80. The monoisotopic (exact) mass is 518 g/mol. The first-order valence-corrected chi connectivity index (χ1v) is 13.5. The number of aromatic nitrogens is 5. The van der Waals surface area contributed by atoms with Gasteiger partial charge >= 0.3 is 0 Å². The second-order valence-corrected chi connectivity index (χ2v) is 10.2. The number of aromatic amines is 1. The van der Waals surface area contributed by atoms with Crippen molar-refractivity contribution in [2.45, 2.75) is 77.0 Å². The van der Waals surface area contributed by atoms with Crippen molar-refractivity contribution in [1.82, 2.24) is 30.1 Å². The van der Waals surface area contributed by atoms with E-state index in [1.54, 1.807) is 19.2 Å². The molecule has 9 heteroatoms. The molecule has 5 rings (SSSR count). The van der Waals surface area contributed by atoms with E-state index in [4.69, 9.17) is 4.74 Å². The van der Waals surface area contributed by atoms with Gasteiger partial charge in [0.1, 0.15) is 11.6 Å². The molecule has 0 unspecified atom stereocenters. The van der Waals surface area contributed by atoms with Crippen LogP contribution in [0.3, 0.4) is 0 Å². The summed E-state index contributed by atoms with van der Waals surface area (Å²) in [7, 11) is 1.64. The number of nitrogens with one attached hydrogen (secondary N) is 1. The van der Waals surface area contributed by atoms with E-state index in [1.165, 1.54) is 31.4 Å². The van der Waals surface area contributed by atoms with Crippen molar-refractivity contribution >= 4 is 10.9 Å². The molecule has 0 amide bonds. The summed E-state index contributed by atoms with van der Waals surface area (Å²) in [6.07, 6.45) is 7.55. The highest BCUT2D eigenvalue weighted by atomic mass is 19.1. The largest absolute Gasteiger partial charge is 0.497 e. The van der Waals surface area contributed by atoms with Crippen molar-refractivity contribution in [1.29, 1.82) is 0 Å². The van der Waals surface area contributed by atoms with Crippen LogP contribution in [-0.4, -0.2) is 43.2 Å². The Hall–Kier alpha value is -3.59. The van der Waals surface area contributed by atoms with Crippen molar-refractivity contribution in [3.8, 4) is 5.75 Å². The smallest absolute Gasteiger partial charge is 0.252 e. The molecule has 2 heterocycles. The number of methoxy groups -OCH3 is 1. The Morgan fingerprint density at radius 3 is 2.66 bits per heavy atom. The van der Waals surface area contributed by atoms with E-state index in [2.05, 4.69) is 32.3 Å². The van der Waals surface area contributed by atoms with Crippen LogP contribution in [0.4, 0.5) is 4.39 Å². The van der Waals surface area contributed by atoms with E-state index in [9.17, 15) is 9.18 Å². The zero-order valence-corrected chi connectivity index (χ0v) is 22.1. The van der Waals surface area contributed by atoms with E-state index in [0.29, 0.717) is 19.1 Å². The zero-order chi connectivity index (χ0) is 26.5. The third-order valence-corrected chi connectivity index (χ3v) is 7.59. The van der Waals surface area contributed by atoms with Gasteiger partial charge in [0.25, 0.3) is 5.56 Å². The number of pyridine rings is 1. The molecule has 0 radical (unpaired) electrons. The van der Waals surface area contributed by atoms with Crippen LogP contribution in [0.15, 0.2) is 53.3 Å². The van der Waals surface area contributed by atoms with Crippen molar-refractivity contribution in [3.05, 3.63) is 81.7 Å². The first-order valence-electron chi connectivity index (χ1n) is 13.5. The summed E-state index contributed by atoms with van der Waals surface area (Å²) >= 11 is 0. The van der Waals surface area contributed by atoms with E-state index in [1.807, 2.05) is 28.9 Å². The predicted octanol–water partition coefficient (Wildman–Crippen LogP) is 5.39. The molecule has 0 aliphatic heterocycles. The number of halogens is 1. The van der Waals surface area contributed by atoms with Crippen LogP contribution in [-0.2, 0) is 13.1 Å². The Bertz CT molecular complexity index is 1410. The van der Waals surface area contributed by atoms with Gasteiger partial charge in [-0.25, -0.2) is 9.07 Å². The third-order valence-electron chi connectivity index (χ3n) is 7.59. The Morgan fingerprint density at radius 1 is 1.13 bits per heavy atom. The molecule has 1 N–H and O–H groups in total. The molecule has 1 aliphatic rings. The van der Waals surface area contributed by atoms with Gasteiger partial charge in [-0.15, -0.1) is 5.10 Å². The quantitative estimate of drug-likeness (QED) is 0.303. The Balaban J connectivity index is 1.52. The van der Waals surface area contributed by atoms with Gasteiger partial charge in [-0.2, -0.15) is 0 Å². The van der Waals surface area contributed by atoms with Crippen LogP contribution in [0.25, 0.3) is 10.9 Å². The number of hydrogen-bond acceptors (Lipinski definition) is 6. The standard InChI is InChI=1S/C29H35FN6O2/c1-3-7-27(28-32-33-34-36(28)18-20-10-12-23(30)13-11-20)35(24-8-5-4-6-9-24)19-22-16-21-17-25(38-2)14-15-26(21)31-29(22)37/h10-17,24,27H,3-9,18-19H2,1-2H3,(H,31,37)/t27-/m1/s1. The zero-order valence-electron chi connectivity index (χ0n) is 22.1. The third kappa shape index (κ3) is 5.78. The number of rotatable bonds is 10. The van der Waals surface area contributed by atoms with Gasteiger partial charge in [0.2, 0.25) is 0 Å². The topological polar surface area (TPSA) is 88.9 Å². The van der Waals surface area contributed by atoms with Gasteiger partial charge in [0.05, 0.1) is 19.7 Å². The molecule has 8 nitrogen and oxygen atoms in total. The molecule has 2 aromatic heterocycles. The van der Waals surface area contributed by atoms with E-state index >= 15 is 0 Å². The van der Waals surface area contributed by atoms with Crippen LogP contribution in [0.5, 0.6) is 5.75 Å². The molecule has 1 aliphatic carbocycles. The first-order chi connectivity index (χ1) is 18.6. The molecule has 200 valence electrons. The van der Waals surface area contributed by atoms with Gasteiger partial charge in [0.15, 0.2) is 5.82 Å². The fourth-order valence-electron chi connectivity index (χ4n) is 5.62. The molecule has 1 saturated carbocycles. The van der Waals surface area contributed by atoms with Crippen molar-refractivity contribution in [3.63, 3.8) is 0 Å². The number of nitrogens with zero attached hydrogens (tertiary/aromatic N) is 5. The minimum Gasteiger partial charge on any atom is -0.497 e. The average molecular weight is 519 g/mol. The highest BCUT2D eigenvalue weighted by Crippen LogP contribution is 2.34. The molecule has 0 spiro atoms. The summed E-state index contributed by atoms with van der Waals surface area (Å²) in [4.78, 5) is 18.7. The summed E-state index contributed by atoms with van der Waals surface area (Å²) in [5.74, 6) is 1.26. The molecule has 2 aromatic carbocycles. The number of ether oxygens (including phenoxy) is 1. The molecule has 4 aromatic rings. The first kappa shape index (κ1) is 26.0. The second-order valence-electron chi connectivity index (χ2n) is 10.2. The minimum absolute atomic E-state index is 0.0565. The second kappa shape index (κ2) is 11.9. The van der Waals surface area contributed by atoms with Gasteiger partial charge < -0.3 is 9.72 Å². The average Bonchev–Trinajstić information content (AvgIpc) is 3.40. The number of H-pyrrole nitrogens is 1. The number of benzene rings is 2. The van der Waals surface area contributed by atoms with Gasteiger partial charge in [-0.3, -0.25) is 9.69 Å². The maximum Gasteiger partial charge on any atom is 0.252 e. The van der Waals surface area contributed by atoms with Gasteiger partial charge in [-0.05, 0) is 71.7 Å². The van der Waals surface area contributed by atoms with Gasteiger partial charge in [-0.1, -0.05) is 44.7 Å². The summed E-state index contributed by atoms with van der Waals surface area (Å²) < 4.78 is 20.7. The molecular weight excluding hydrogens is 483 g/mol. The fraction of sp³-hybridized carbons (Fsp3) is 0.448. The Kier molecular flexibility index (Phi) is 8.12. The lowest BCUT2D eigenvalue weighted by Crippen LogP contribution is -2.41. The van der Waals surface area contributed by atoms with Crippen LogP contribution >= 0.6 is 0 Å². The lowest BCUT2D eigenvalue weighted by molar-refractivity contribution is 0.0812. The SMILES string of the molecule is CCC[C@H](c1nnnn1Cc1ccc(F)cc1)N(Cc1cc2cc(OC)ccc2[nH]c1=O)C1CCCCC1. The van der Waals surface area contributed by atoms with Crippen LogP contribution in [0.1, 0.15) is 74.9 Å². The predicted molar refractivity (Wildman–Crippen MR) is 145 cm³/mol. The van der Waals surface area contributed by atoms with E-state index in [-0.39, 0.29) is 17.4 Å². The maximum atomic E-state index is 13.5. The Labute approximate surface area is 221 Å². The van der Waals surface area contributed by atoms with E-state index in [0.717, 1.165) is 59.3 Å². The van der Waals surface area contributed by atoms with Crippen molar-refractivity contribution in [2.75, 3.05) is 7.11 Å². The van der Waals surface area contributed by atoms with Crippen LogP contribution < -0.4 is 10.3 Å². The maximum absolute atomic E-state index is 13.5. The summed E-state index contributed by atoms with van der Waals surface area (Å²) in [5, 5.41) is 13.8. The Morgan fingerprint density at radius 2 is 1.92 bits per heavy atom. The number of fused-ring (bicyclic) bond motifs is 1. The minimum atomic E-state index is -0.267. The lowest BCUT2D eigenvalue weighted by Gasteiger charge is -2.39. The van der Waals surface area contributed by atoms with Crippen LogP contribution in [0.2, 0.25) is 0 Å². The van der Waals surface area contributed by atoms with E-state index < -0.39 is 0 Å². The molecule has 38 heavy (non-hydrogen) atoms. The van der Waals surface area contributed by atoms with Gasteiger partial charge in [0, 0.05) is 29.1 Å². The molecule has 0 saturated heterocycles. The fourth-order valence-corrected chi connectivity index (χ4v) is 5.62. The molecule has 1 fully saturated rings. The number of tetrazole rings is 1. The highest BCUT2D eigenvalue weighted by Gasteiger charge is 2.32. The van der Waals surface area contributed by atoms with Crippen molar-refractivity contribution < 1.29 is 9.13 Å². The summed E-state index contributed by atoms with van der Waals surface area (Å²) in [6.45, 7) is 3.12. The molecular formula is C29H35FN6O2. The molecule has 0 bridgehead atoms. The molecule has 1 atom stereocenters. The lowest BCUT2D eigenvalue weighted by atomic mass is 9.91.